The molecule has 0 fully saturated rings. The molecule has 62 heavy (non-hydrogen) atoms. The maximum Gasteiger partial charge on any atom is 0.306 e. The Morgan fingerprint density at radius 1 is 0.435 bits per heavy atom. The van der Waals surface area contributed by atoms with Crippen LogP contribution in [-0.2, 0) is 32.7 Å². The third-order valence-electron chi connectivity index (χ3n) is 12.1. The Bertz CT molecular complexity index is 1020. The van der Waals surface area contributed by atoms with Crippen LogP contribution < -0.4 is 4.89 Å². The van der Waals surface area contributed by atoms with Crippen LogP contribution in [0, 0.1) is 0 Å². The van der Waals surface area contributed by atoms with E-state index in [-0.39, 0.29) is 26.1 Å². The van der Waals surface area contributed by atoms with Crippen LogP contribution in [0.15, 0.2) is 0 Å². The molecule has 9 nitrogen and oxygen atoms in total. The summed E-state index contributed by atoms with van der Waals surface area (Å²) in [5.74, 6) is -0.833. The Morgan fingerprint density at radius 3 is 1.03 bits per heavy atom. The number of quaternary nitrogens is 1. The number of hydrogen-bond acceptors (Lipinski definition) is 8. The Morgan fingerprint density at radius 2 is 0.726 bits per heavy atom. The van der Waals surface area contributed by atoms with Crippen LogP contribution in [0.4, 0.5) is 0 Å². The third-order valence-corrected chi connectivity index (χ3v) is 13.1. The van der Waals surface area contributed by atoms with E-state index in [9.17, 15) is 19.0 Å². The number of unbranched alkanes of at least 4 members (excludes halogenated alkanes) is 36. The lowest BCUT2D eigenvalue weighted by atomic mass is 10.0. The van der Waals surface area contributed by atoms with Crippen LogP contribution in [0.3, 0.4) is 0 Å². The molecule has 0 aromatic heterocycles. The van der Waals surface area contributed by atoms with Gasteiger partial charge < -0.3 is 27.9 Å². The van der Waals surface area contributed by atoms with E-state index in [0.717, 1.165) is 44.9 Å². The monoisotopic (exact) mass is 902 g/mol. The quantitative estimate of drug-likeness (QED) is 0.0257. The normalized spacial score (nSPS) is 13.3. The molecular formula is C52H104NO8P. The van der Waals surface area contributed by atoms with Gasteiger partial charge in [0.15, 0.2) is 6.10 Å². The van der Waals surface area contributed by atoms with Crippen LogP contribution in [0.1, 0.15) is 271 Å². The zero-order chi connectivity index (χ0) is 45.7. The summed E-state index contributed by atoms with van der Waals surface area (Å²) in [5, 5.41) is 0. The van der Waals surface area contributed by atoms with E-state index in [1.807, 2.05) is 21.1 Å². The Kier molecular flexibility index (Phi) is 44.5. The van der Waals surface area contributed by atoms with Crippen LogP contribution in [0.2, 0.25) is 0 Å². The summed E-state index contributed by atoms with van der Waals surface area (Å²) in [6, 6.07) is 0. The number of hydrogen-bond donors (Lipinski definition) is 0. The number of ether oxygens (including phenoxy) is 2. The summed E-state index contributed by atoms with van der Waals surface area (Å²) < 4.78 is 33.7. The van der Waals surface area contributed by atoms with Crippen molar-refractivity contribution in [2.75, 3.05) is 47.5 Å². The summed E-state index contributed by atoms with van der Waals surface area (Å²) >= 11 is 0. The highest BCUT2D eigenvalue weighted by Crippen LogP contribution is 2.38. The first-order chi connectivity index (χ1) is 30.0. The van der Waals surface area contributed by atoms with Gasteiger partial charge in [0.25, 0.3) is 7.82 Å². The summed E-state index contributed by atoms with van der Waals surface area (Å²) in [6.07, 6.45) is 49.4. The molecule has 0 aliphatic heterocycles. The first-order valence-corrected chi connectivity index (χ1v) is 28.2. The van der Waals surface area contributed by atoms with Gasteiger partial charge in [0.1, 0.15) is 19.8 Å². The number of esters is 2. The molecule has 10 heteroatoms. The van der Waals surface area contributed by atoms with Crippen molar-refractivity contribution >= 4 is 19.8 Å². The molecule has 2 unspecified atom stereocenters. The molecule has 0 N–H and O–H groups in total. The van der Waals surface area contributed by atoms with E-state index in [0.29, 0.717) is 17.4 Å². The van der Waals surface area contributed by atoms with Crippen molar-refractivity contribution in [1.82, 2.24) is 0 Å². The smallest absolute Gasteiger partial charge is 0.306 e. The highest BCUT2D eigenvalue weighted by molar-refractivity contribution is 7.45. The maximum absolute atomic E-state index is 12.6. The van der Waals surface area contributed by atoms with E-state index >= 15 is 0 Å². The largest absolute Gasteiger partial charge is 0.756 e. The molecule has 2 atom stereocenters. The lowest BCUT2D eigenvalue weighted by Crippen LogP contribution is -2.37. The lowest BCUT2D eigenvalue weighted by molar-refractivity contribution is -0.870. The molecule has 0 bridgehead atoms. The fourth-order valence-corrected chi connectivity index (χ4v) is 8.68. The zero-order valence-electron chi connectivity index (χ0n) is 41.9. The standard InChI is InChI=1S/C52H104NO8P/c1-6-8-10-12-13-14-15-16-17-18-19-20-21-22-23-24-25-26-27-28-29-30-31-32-33-34-35-36-37-38-39-41-43-45-52(55)61-50(48-58-51(54)44-42-40-11-9-7-2)49-60-62(56,57)59-47-46-53(3,4)5/h50H,6-49H2,1-5H3. The van der Waals surface area contributed by atoms with Gasteiger partial charge in [0, 0.05) is 12.8 Å². The molecule has 0 rings (SSSR count). The number of carbonyl (C=O) groups is 2. The minimum atomic E-state index is -4.61. The number of nitrogens with zero attached hydrogens (tertiary/aromatic N) is 1. The van der Waals surface area contributed by atoms with Gasteiger partial charge in [0.05, 0.1) is 27.7 Å². The molecule has 0 aromatic carbocycles. The molecule has 0 amide bonds. The van der Waals surface area contributed by atoms with Gasteiger partial charge in [-0.1, -0.05) is 245 Å². The molecular weight excluding hydrogens is 798 g/mol. The SMILES string of the molecule is CCCCCCCCCCCCCCCCCCCCCCCCCCCCCCCCCCCC(=O)OC(COC(=O)CCCCCCC)COP(=O)([O-])OCC[N+](C)(C)C. The van der Waals surface area contributed by atoms with Crippen molar-refractivity contribution in [1.29, 1.82) is 0 Å². The summed E-state index contributed by atoms with van der Waals surface area (Å²) in [5.41, 5.74) is 0. The van der Waals surface area contributed by atoms with Crippen LogP contribution >= 0.6 is 7.82 Å². The highest BCUT2D eigenvalue weighted by atomic mass is 31.2. The predicted molar refractivity (Wildman–Crippen MR) is 259 cm³/mol. The van der Waals surface area contributed by atoms with Gasteiger partial charge in [-0.3, -0.25) is 14.2 Å². The second kappa shape index (κ2) is 45.2. The fourth-order valence-electron chi connectivity index (χ4n) is 7.95. The summed E-state index contributed by atoms with van der Waals surface area (Å²) in [4.78, 5) is 37.3. The molecule has 370 valence electrons. The molecule has 0 heterocycles. The van der Waals surface area contributed by atoms with Gasteiger partial charge in [-0.15, -0.1) is 0 Å². The van der Waals surface area contributed by atoms with Gasteiger partial charge >= 0.3 is 11.9 Å². The van der Waals surface area contributed by atoms with Crippen molar-refractivity contribution < 1.29 is 42.1 Å². The molecule has 0 spiro atoms. The van der Waals surface area contributed by atoms with Gasteiger partial charge in [-0.05, 0) is 12.8 Å². The number of phosphoric acid groups is 1. The van der Waals surface area contributed by atoms with Crippen molar-refractivity contribution in [3.63, 3.8) is 0 Å². The minimum absolute atomic E-state index is 0.0263. The summed E-state index contributed by atoms with van der Waals surface area (Å²) in [6.45, 7) is 4.18. The van der Waals surface area contributed by atoms with Crippen molar-refractivity contribution in [3.05, 3.63) is 0 Å². The first-order valence-electron chi connectivity index (χ1n) is 26.7. The molecule has 0 aromatic rings. The minimum Gasteiger partial charge on any atom is -0.756 e. The number of carbonyl (C=O) groups excluding carboxylic acids is 2. The predicted octanol–water partition coefficient (Wildman–Crippen LogP) is 15.3. The van der Waals surface area contributed by atoms with Crippen molar-refractivity contribution in [3.8, 4) is 0 Å². The van der Waals surface area contributed by atoms with E-state index in [2.05, 4.69) is 13.8 Å². The Balaban J connectivity index is 3.77. The van der Waals surface area contributed by atoms with Crippen molar-refractivity contribution in [2.24, 2.45) is 0 Å². The number of phosphoric ester groups is 1. The molecule has 0 aliphatic carbocycles. The maximum atomic E-state index is 12.6. The van der Waals surface area contributed by atoms with Gasteiger partial charge in [-0.25, -0.2) is 0 Å². The van der Waals surface area contributed by atoms with E-state index < -0.39 is 32.5 Å². The molecule has 0 saturated heterocycles. The third kappa shape index (κ3) is 48.5. The highest BCUT2D eigenvalue weighted by Gasteiger charge is 2.21. The fraction of sp³-hybridized carbons (Fsp3) is 0.962. The van der Waals surface area contributed by atoms with Crippen LogP contribution in [0.25, 0.3) is 0 Å². The van der Waals surface area contributed by atoms with Crippen LogP contribution in [0.5, 0.6) is 0 Å². The average Bonchev–Trinajstić information content (AvgIpc) is 3.22. The van der Waals surface area contributed by atoms with E-state index in [4.69, 9.17) is 18.5 Å². The second-order valence-corrected chi connectivity index (χ2v) is 21.0. The van der Waals surface area contributed by atoms with E-state index in [1.165, 1.54) is 193 Å². The molecule has 0 aliphatic rings. The van der Waals surface area contributed by atoms with Crippen LogP contribution in [-0.4, -0.2) is 70.0 Å². The van der Waals surface area contributed by atoms with Gasteiger partial charge in [-0.2, -0.15) is 0 Å². The Labute approximate surface area is 384 Å². The lowest BCUT2D eigenvalue weighted by Gasteiger charge is -2.28. The average molecular weight is 902 g/mol. The number of rotatable bonds is 50. The van der Waals surface area contributed by atoms with Crippen molar-refractivity contribution in [2.45, 2.75) is 277 Å². The molecule has 0 saturated carbocycles. The topological polar surface area (TPSA) is 111 Å². The van der Waals surface area contributed by atoms with E-state index in [1.54, 1.807) is 0 Å². The first kappa shape index (κ1) is 61.0. The molecule has 0 radical (unpaired) electrons. The Hall–Kier alpha value is -0.990. The number of likely N-dealkylation sites (N-methyl/N-ethyl adjacent to an activating group) is 1. The zero-order valence-corrected chi connectivity index (χ0v) is 42.7. The van der Waals surface area contributed by atoms with Gasteiger partial charge in [0.2, 0.25) is 0 Å². The summed E-state index contributed by atoms with van der Waals surface area (Å²) in [7, 11) is 1.18. The second-order valence-electron chi connectivity index (χ2n) is 19.6.